The highest BCUT2D eigenvalue weighted by atomic mass is 35.5. The van der Waals surface area contributed by atoms with Crippen LogP contribution in [-0.4, -0.2) is 38.1 Å². The van der Waals surface area contributed by atoms with E-state index in [1.165, 1.54) is 0 Å². The van der Waals surface area contributed by atoms with Crippen LogP contribution in [0.3, 0.4) is 0 Å². The topological polar surface area (TPSA) is 67.4 Å². The average Bonchev–Trinajstić information content (AvgIpc) is 2.36. The average molecular weight is 279 g/mol. The highest BCUT2D eigenvalue weighted by Crippen LogP contribution is 2.11. The van der Waals surface area contributed by atoms with Crippen LogP contribution < -0.4 is 10.6 Å². The highest BCUT2D eigenvalue weighted by Gasteiger charge is 2.20. The minimum atomic E-state index is -0.191. The summed E-state index contributed by atoms with van der Waals surface area (Å²) in [6.07, 6.45) is 2.84. The fraction of sp³-hybridized carbons (Fsp3) is 0.833. The van der Waals surface area contributed by atoms with Crippen molar-refractivity contribution in [3.05, 3.63) is 0 Å². The van der Waals surface area contributed by atoms with Crippen molar-refractivity contribution < 1.29 is 14.3 Å². The van der Waals surface area contributed by atoms with Gasteiger partial charge in [0.15, 0.2) is 0 Å². The molecule has 0 aromatic carbocycles. The molecule has 0 unspecified atom stereocenters. The molecule has 1 aliphatic heterocycles. The van der Waals surface area contributed by atoms with Crippen LogP contribution in [0.1, 0.15) is 32.6 Å². The molecule has 2 N–H and O–H groups in total. The fourth-order valence-electron chi connectivity index (χ4n) is 1.91. The van der Waals surface area contributed by atoms with Crippen LogP contribution in [0.5, 0.6) is 0 Å². The summed E-state index contributed by atoms with van der Waals surface area (Å²) in [6.45, 7) is 4.60. The van der Waals surface area contributed by atoms with Gasteiger partial charge in [-0.2, -0.15) is 0 Å². The van der Waals surface area contributed by atoms with Gasteiger partial charge >= 0.3 is 5.97 Å². The zero-order valence-electron chi connectivity index (χ0n) is 10.9. The van der Waals surface area contributed by atoms with E-state index in [4.69, 9.17) is 4.74 Å². The lowest BCUT2D eigenvalue weighted by Gasteiger charge is -2.21. The Labute approximate surface area is 114 Å². The molecule has 1 saturated heterocycles. The van der Waals surface area contributed by atoms with Gasteiger partial charge in [-0.05, 0) is 39.3 Å². The third kappa shape index (κ3) is 6.81. The van der Waals surface area contributed by atoms with Gasteiger partial charge in [0.05, 0.1) is 6.61 Å². The molecule has 0 radical (unpaired) electrons. The predicted molar refractivity (Wildman–Crippen MR) is 71.7 cm³/mol. The Balaban J connectivity index is 0.00000289. The lowest BCUT2D eigenvalue weighted by molar-refractivity contribution is -0.143. The molecule has 1 aliphatic rings. The smallest absolute Gasteiger partial charge is 0.305 e. The third-order valence-electron chi connectivity index (χ3n) is 2.87. The van der Waals surface area contributed by atoms with E-state index in [0.717, 1.165) is 25.9 Å². The first-order valence-electron chi connectivity index (χ1n) is 6.38. The van der Waals surface area contributed by atoms with Crippen molar-refractivity contribution in [2.75, 3.05) is 26.2 Å². The minimum Gasteiger partial charge on any atom is -0.466 e. The molecule has 106 valence electrons. The summed E-state index contributed by atoms with van der Waals surface area (Å²) >= 11 is 0. The number of ether oxygens (including phenoxy) is 1. The summed E-state index contributed by atoms with van der Waals surface area (Å²) in [4.78, 5) is 22.8. The Morgan fingerprint density at radius 1 is 1.33 bits per heavy atom. The number of hydrogen-bond donors (Lipinski definition) is 2. The molecule has 5 nitrogen and oxygen atoms in total. The number of carbonyl (C=O) groups is 2. The van der Waals surface area contributed by atoms with E-state index < -0.39 is 0 Å². The molecular formula is C12H23ClN2O3. The number of nitrogens with one attached hydrogen (secondary N) is 2. The Kier molecular flexibility index (Phi) is 9.69. The largest absolute Gasteiger partial charge is 0.466 e. The number of halogens is 1. The number of carbonyl (C=O) groups excluding carboxylic acids is 2. The number of rotatable bonds is 6. The van der Waals surface area contributed by atoms with Gasteiger partial charge in [0.25, 0.3) is 0 Å². The molecule has 6 heteroatoms. The van der Waals surface area contributed by atoms with E-state index in [-0.39, 0.29) is 30.2 Å². The van der Waals surface area contributed by atoms with Crippen LogP contribution >= 0.6 is 12.4 Å². The Hall–Kier alpha value is -0.810. The van der Waals surface area contributed by atoms with Gasteiger partial charge in [-0.25, -0.2) is 0 Å². The van der Waals surface area contributed by atoms with Crippen LogP contribution in [0.4, 0.5) is 0 Å². The van der Waals surface area contributed by atoms with Crippen molar-refractivity contribution >= 4 is 24.3 Å². The molecular weight excluding hydrogens is 256 g/mol. The first-order chi connectivity index (χ1) is 8.24. The summed E-state index contributed by atoms with van der Waals surface area (Å²) in [6, 6.07) is 0. The lowest BCUT2D eigenvalue weighted by Crippen LogP contribution is -2.38. The summed E-state index contributed by atoms with van der Waals surface area (Å²) in [5.41, 5.74) is 0. The van der Waals surface area contributed by atoms with Gasteiger partial charge in [0.1, 0.15) is 0 Å². The maximum atomic E-state index is 11.7. The monoisotopic (exact) mass is 278 g/mol. The van der Waals surface area contributed by atoms with Gasteiger partial charge in [0, 0.05) is 18.9 Å². The van der Waals surface area contributed by atoms with Gasteiger partial charge in [-0.3, -0.25) is 9.59 Å². The van der Waals surface area contributed by atoms with Crippen molar-refractivity contribution in [1.29, 1.82) is 0 Å². The molecule has 0 spiro atoms. The second kappa shape index (κ2) is 10.1. The summed E-state index contributed by atoms with van der Waals surface area (Å²) in [5, 5.41) is 6.10. The van der Waals surface area contributed by atoms with E-state index in [2.05, 4.69) is 10.6 Å². The van der Waals surface area contributed by atoms with Crippen molar-refractivity contribution in [2.24, 2.45) is 5.92 Å². The van der Waals surface area contributed by atoms with Crippen LogP contribution in [-0.2, 0) is 14.3 Å². The molecule has 0 aromatic heterocycles. The second-order valence-corrected chi connectivity index (χ2v) is 4.22. The third-order valence-corrected chi connectivity index (χ3v) is 2.87. The fourth-order valence-corrected chi connectivity index (χ4v) is 1.91. The molecule has 1 heterocycles. The van der Waals surface area contributed by atoms with Crippen LogP contribution in [0.2, 0.25) is 0 Å². The maximum Gasteiger partial charge on any atom is 0.305 e. The van der Waals surface area contributed by atoms with E-state index >= 15 is 0 Å². The molecule has 0 aliphatic carbocycles. The number of hydrogen-bond acceptors (Lipinski definition) is 4. The first kappa shape index (κ1) is 17.2. The second-order valence-electron chi connectivity index (χ2n) is 4.22. The van der Waals surface area contributed by atoms with E-state index in [0.29, 0.717) is 26.0 Å². The molecule has 0 saturated carbocycles. The van der Waals surface area contributed by atoms with Gasteiger partial charge < -0.3 is 15.4 Å². The SMILES string of the molecule is CCOC(=O)CCCNC(=O)C1CCNCC1.Cl. The summed E-state index contributed by atoms with van der Waals surface area (Å²) in [5.74, 6) is 0.0674. The quantitative estimate of drug-likeness (QED) is 0.559. The van der Waals surface area contributed by atoms with Crippen molar-refractivity contribution in [2.45, 2.75) is 32.6 Å². The molecule has 0 atom stereocenters. The summed E-state index contributed by atoms with van der Waals surface area (Å²) < 4.78 is 4.81. The van der Waals surface area contributed by atoms with Crippen LogP contribution in [0.25, 0.3) is 0 Å². The molecule has 1 rings (SSSR count). The predicted octanol–water partition coefficient (Wildman–Crippen LogP) is 0.867. The van der Waals surface area contributed by atoms with Crippen molar-refractivity contribution in [1.82, 2.24) is 10.6 Å². The zero-order chi connectivity index (χ0) is 12.5. The maximum absolute atomic E-state index is 11.7. The molecule has 18 heavy (non-hydrogen) atoms. The van der Waals surface area contributed by atoms with Crippen LogP contribution in [0.15, 0.2) is 0 Å². The molecule has 0 aromatic rings. The highest BCUT2D eigenvalue weighted by molar-refractivity contribution is 5.85. The number of amides is 1. The summed E-state index contributed by atoms with van der Waals surface area (Å²) in [7, 11) is 0. The standard InChI is InChI=1S/C12H22N2O3.ClH/c1-2-17-11(15)4-3-7-14-12(16)10-5-8-13-9-6-10;/h10,13H,2-9H2,1H3,(H,14,16);1H. The van der Waals surface area contributed by atoms with Gasteiger partial charge in [-0.15, -0.1) is 12.4 Å². The Morgan fingerprint density at radius 3 is 2.61 bits per heavy atom. The minimum absolute atomic E-state index is 0. The first-order valence-corrected chi connectivity index (χ1v) is 6.38. The van der Waals surface area contributed by atoms with Crippen molar-refractivity contribution in [3.63, 3.8) is 0 Å². The Bertz CT molecular complexity index is 256. The molecule has 1 amide bonds. The number of esters is 1. The van der Waals surface area contributed by atoms with E-state index in [1.54, 1.807) is 6.92 Å². The lowest BCUT2D eigenvalue weighted by atomic mass is 9.97. The Morgan fingerprint density at radius 2 is 2.00 bits per heavy atom. The molecule has 1 fully saturated rings. The van der Waals surface area contributed by atoms with Crippen LogP contribution in [0, 0.1) is 5.92 Å². The van der Waals surface area contributed by atoms with Gasteiger partial charge in [-0.1, -0.05) is 0 Å². The van der Waals surface area contributed by atoms with E-state index in [9.17, 15) is 9.59 Å². The number of piperidine rings is 1. The zero-order valence-corrected chi connectivity index (χ0v) is 11.7. The molecule has 0 bridgehead atoms. The van der Waals surface area contributed by atoms with E-state index in [1.807, 2.05) is 0 Å². The normalized spacial score (nSPS) is 15.6. The van der Waals surface area contributed by atoms with Gasteiger partial charge in [0.2, 0.25) is 5.91 Å². The van der Waals surface area contributed by atoms with Crippen molar-refractivity contribution in [3.8, 4) is 0 Å².